The van der Waals surface area contributed by atoms with E-state index < -0.39 is 0 Å². The molecular formula is C21H27N5O3. The average Bonchev–Trinajstić information content (AvgIpc) is 3.04. The Morgan fingerprint density at radius 3 is 2.62 bits per heavy atom. The Morgan fingerprint density at radius 1 is 1.14 bits per heavy atom. The number of amides is 2. The van der Waals surface area contributed by atoms with E-state index in [1.54, 1.807) is 7.05 Å². The van der Waals surface area contributed by atoms with Gasteiger partial charge in [-0.3, -0.25) is 0 Å². The van der Waals surface area contributed by atoms with Crippen LogP contribution in [-0.2, 0) is 11.4 Å². The molecule has 1 fully saturated rings. The highest BCUT2D eigenvalue weighted by Gasteiger charge is 2.28. The van der Waals surface area contributed by atoms with Gasteiger partial charge in [0.05, 0.1) is 11.4 Å². The fourth-order valence-electron chi connectivity index (χ4n) is 2.96. The minimum Gasteiger partial charge on any atom is -0.489 e. The van der Waals surface area contributed by atoms with Gasteiger partial charge in [0, 0.05) is 18.2 Å². The number of aryl methyl sites for hydroxylation is 2. The zero-order chi connectivity index (χ0) is 21.0. The average molecular weight is 397 g/mol. The summed E-state index contributed by atoms with van der Waals surface area (Å²) < 4.78 is 6.17. The number of nitrogens with one attached hydrogen (secondary N) is 2. The zero-order valence-electron chi connectivity index (χ0n) is 17.4. The summed E-state index contributed by atoms with van der Waals surface area (Å²) >= 11 is 0. The molecule has 0 spiro atoms. The van der Waals surface area contributed by atoms with E-state index in [0.717, 1.165) is 39.4 Å². The van der Waals surface area contributed by atoms with E-state index >= 15 is 0 Å². The van der Waals surface area contributed by atoms with Gasteiger partial charge in [0.15, 0.2) is 0 Å². The van der Waals surface area contributed by atoms with Gasteiger partial charge in [-0.25, -0.2) is 14.8 Å². The topological polar surface area (TPSA) is 78.4 Å². The van der Waals surface area contributed by atoms with Crippen LogP contribution in [0.4, 0.5) is 10.5 Å². The molecule has 0 radical (unpaired) electrons. The largest absolute Gasteiger partial charge is 0.489 e. The first-order valence-electron chi connectivity index (χ1n) is 9.50. The highest BCUT2D eigenvalue weighted by molar-refractivity contribution is 5.98. The summed E-state index contributed by atoms with van der Waals surface area (Å²) in [4.78, 5) is 17.5. The van der Waals surface area contributed by atoms with Gasteiger partial charge in [-0.15, -0.1) is 11.1 Å². The van der Waals surface area contributed by atoms with Crippen LogP contribution in [0.2, 0.25) is 0 Å². The number of carbonyl (C=O) groups excluding carboxylic acids is 1. The van der Waals surface area contributed by atoms with Crippen molar-refractivity contribution in [3.05, 3.63) is 58.7 Å². The first-order valence-corrected chi connectivity index (χ1v) is 9.50. The number of carbonyl (C=O) groups is 1. The predicted octanol–water partition coefficient (Wildman–Crippen LogP) is 3.44. The summed E-state index contributed by atoms with van der Waals surface area (Å²) in [5.41, 5.74) is 11.1. The van der Waals surface area contributed by atoms with E-state index in [2.05, 4.69) is 16.2 Å². The lowest BCUT2D eigenvalue weighted by molar-refractivity contribution is 0.159. The van der Waals surface area contributed by atoms with Crippen LogP contribution >= 0.6 is 0 Å². The van der Waals surface area contributed by atoms with Gasteiger partial charge in [-0.05, 0) is 51.0 Å². The van der Waals surface area contributed by atoms with E-state index in [4.69, 9.17) is 9.57 Å². The summed E-state index contributed by atoms with van der Waals surface area (Å²) in [6.45, 7) is 8.64. The quantitative estimate of drug-likeness (QED) is 0.553. The van der Waals surface area contributed by atoms with Gasteiger partial charge in [0.2, 0.25) is 0 Å². The maximum Gasteiger partial charge on any atom is 0.355 e. The van der Waals surface area contributed by atoms with Crippen molar-refractivity contribution in [3.63, 3.8) is 0 Å². The number of hydrazine groups is 3. The maximum absolute atomic E-state index is 12.4. The number of oxime groups is 1. The molecule has 1 aliphatic rings. The van der Waals surface area contributed by atoms with E-state index in [1.165, 1.54) is 10.0 Å². The fraction of sp³-hybridized carbons (Fsp3) is 0.333. The van der Waals surface area contributed by atoms with Crippen LogP contribution in [-0.4, -0.2) is 30.4 Å². The zero-order valence-corrected chi connectivity index (χ0v) is 17.4. The second-order valence-corrected chi connectivity index (χ2v) is 6.84. The third kappa shape index (κ3) is 4.49. The lowest BCUT2D eigenvalue weighted by Crippen LogP contribution is -2.38. The number of rotatable bonds is 7. The van der Waals surface area contributed by atoms with Crippen molar-refractivity contribution in [2.75, 3.05) is 18.7 Å². The summed E-state index contributed by atoms with van der Waals surface area (Å²) in [5.74, 6) is 0.763. The van der Waals surface area contributed by atoms with Crippen LogP contribution in [0.5, 0.6) is 5.75 Å². The van der Waals surface area contributed by atoms with Crippen molar-refractivity contribution in [1.29, 1.82) is 0 Å². The summed E-state index contributed by atoms with van der Waals surface area (Å²) in [6.07, 6.45) is 0. The number of hydrogen-bond donors (Lipinski definition) is 2. The third-order valence-corrected chi connectivity index (χ3v) is 4.74. The number of anilines is 1. The van der Waals surface area contributed by atoms with Gasteiger partial charge < -0.3 is 9.57 Å². The van der Waals surface area contributed by atoms with Crippen molar-refractivity contribution in [2.24, 2.45) is 5.16 Å². The first kappa shape index (κ1) is 20.6. The van der Waals surface area contributed by atoms with Crippen LogP contribution < -0.4 is 20.8 Å². The maximum atomic E-state index is 12.4. The minimum absolute atomic E-state index is 0.196. The molecule has 1 aliphatic heterocycles. The van der Waals surface area contributed by atoms with Gasteiger partial charge in [0.1, 0.15) is 19.0 Å². The SMILES string of the molecule is CCON=C(C)c1ccc(C)c(OCc2c(C)cccc2N2NNN(C)C2=O)c1. The molecular weight excluding hydrogens is 370 g/mol. The molecule has 2 N–H and O–H groups in total. The molecule has 29 heavy (non-hydrogen) atoms. The summed E-state index contributed by atoms with van der Waals surface area (Å²) in [5, 5.41) is 6.94. The molecule has 1 saturated heterocycles. The van der Waals surface area contributed by atoms with Crippen molar-refractivity contribution in [3.8, 4) is 5.75 Å². The Kier molecular flexibility index (Phi) is 6.36. The lowest BCUT2D eigenvalue weighted by Gasteiger charge is -2.20. The van der Waals surface area contributed by atoms with Crippen LogP contribution in [0.3, 0.4) is 0 Å². The van der Waals surface area contributed by atoms with Gasteiger partial charge in [-0.1, -0.05) is 29.4 Å². The van der Waals surface area contributed by atoms with E-state index in [-0.39, 0.29) is 6.03 Å². The molecule has 2 amide bonds. The Hall–Kier alpha value is -3.10. The lowest BCUT2D eigenvalue weighted by atomic mass is 10.1. The normalized spacial score (nSPS) is 14.5. The highest BCUT2D eigenvalue weighted by atomic mass is 16.6. The molecule has 0 saturated carbocycles. The van der Waals surface area contributed by atoms with Crippen molar-refractivity contribution in [2.45, 2.75) is 34.3 Å². The van der Waals surface area contributed by atoms with Crippen molar-refractivity contribution < 1.29 is 14.4 Å². The Bertz CT molecular complexity index is 929. The van der Waals surface area contributed by atoms with E-state index in [0.29, 0.717) is 13.2 Å². The molecule has 0 aromatic heterocycles. The molecule has 154 valence electrons. The first-order chi connectivity index (χ1) is 13.9. The van der Waals surface area contributed by atoms with Crippen molar-refractivity contribution in [1.82, 2.24) is 16.1 Å². The number of hydrogen-bond acceptors (Lipinski definition) is 6. The molecule has 0 bridgehead atoms. The second kappa shape index (κ2) is 8.93. The van der Waals surface area contributed by atoms with E-state index in [9.17, 15) is 4.79 Å². The number of nitrogens with zero attached hydrogens (tertiary/aromatic N) is 3. The molecule has 0 unspecified atom stereocenters. The summed E-state index contributed by atoms with van der Waals surface area (Å²) in [7, 11) is 1.66. The molecule has 8 heteroatoms. The van der Waals surface area contributed by atoms with Gasteiger partial charge in [0.25, 0.3) is 0 Å². The molecule has 0 atom stereocenters. The smallest absolute Gasteiger partial charge is 0.355 e. The van der Waals surface area contributed by atoms with Crippen LogP contribution in [0.1, 0.15) is 36.1 Å². The third-order valence-electron chi connectivity index (χ3n) is 4.74. The monoisotopic (exact) mass is 397 g/mol. The molecule has 2 aromatic carbocycles. The number of urea groups is 1. The highest BCUT2D eigenvalue weighted by Crippen LogP contribution is 2.28. The second-order valence-electron chi connectivity index (χ2n) is 6.84. The number of ether oxygens (including phenoxy) is 1. The van der Waals surface area contributed by atoms with Gasteiger partial charge in [-0.2, -0.15) is 0 Å². The van der Waals surface area contributed by atoms with Crippen LogP contribution in [0, 0.1) is 13.8 Å². The molecule has 0 aliphatic carbocycles. The molecule has 2 aromatic rings. The molecule has 3 rings (SSSR count). The van der Waals surface area contributed by atoms with E-state index in [1.807, 2.05) is 64.1 Å². The number of benzene rings is 2. The summed E-state index contributed by atoms with van der Waals surface area (Å²) in [6, 6.07) is 11.6. The molecule has 8 nitrogen and oxygen atoms in total. The predicted molar refractivity (Wildman–Crippen MR) is 112 cm³/mol. The van der Waals surface area contributed by atoms with Crippen LogP contribution in [0.15, 0.2) is 41.6 Å². The van der Waals surface area contributed by atoms with Crippen LogP contribution in [0.25, 0.3) is 0 Å². The Balaban J connectivity index is 1.84. The minimum atomic E-state index is -0.196. The van der Waals surface area contributed by atoms with Crippen molar-refractivity contribution >= 4 is 17.4 Å². The van der Waals surface area contributed by atoms with Gasteiger partial charge >= 0.3 is 6.03 Å². The standard InChI is InChI=1S/C21H27N5O3/c1-6-29-22-16(4)17-11-10-15(3)20(12-17)28-13-18-14(2)8-7-9-19(18)26-21(27)25(5)23-24-26/h7-12,23-24H,6,13H2,1-5H3. The Morgan fingerprint density at radius 2 is 1.93 bits per heavy atom. The fourth-order valence-corrected chi connectivity index (χ4v) is 2.96. The Labute approximate surface area is 171 Å². The molecule has 1 heterocycles.